The van der Waals surface area contributed by atoms with E-state index >= 15 is 0 Å². The van der Waals surface area contributed by atoms with Crippen molar-refractivity contribution < 1.29 is 9.53 Å². The van der Waals surface area contributed by atoms with Gasteiger partial charge in [-0.1, -0.05) is 0 Å². The fourth-order valence-electron chi connectivity index (χ4n) is 2.94. The number of nitrogens with one attached hydrogen (secondary N) is 2. The first-order valence-electron chi connectivity index (χ1n) is 9.12. The Morgan fingerprint density at radius 2 is 1.79 bits per heavy atom. The van der Waals surface area contributed by atoms with Gasteiger partial charge in [-0.05, 0) is 46.3 Å². The lowest BCUT2D eigenvalue weighted by molar-refractivity contribution is 0.102. The minimum atomic E-state index is -0.219. The van der Waals surface area contributed by atoms with Crippen LogP contribution in [0.2, 0.25) is 0 Å². The highest BCUT2D eigenvalue weighted by Gasteiger charge is 2.12. The first-order valence-corrected chi connectivity index (χ1v) is 9.91. The Balaban J connectivity index is 1.40. The molecule has 1 amide bonds. The molecule has 1 aromatic carbocycles. The van der Waals surface area contributed by atoms with E-state index in [-0.39, 0.29) is 5.91 Å². The fraction of sp³-hybridized carbons (Fsp3) is 0.200. The van der Waals surface area contributed by atoms with Crippen LogP contribution in [0.3, 0.4) is 0 Å². The molecule has 9 heteroatoms. The minimum Gasteiger partial charge on any atom is -0.378 e. The van der Waals surface area contributed by atoms with Crippen LogP contribution in [-0.2, 0) is 4.74 Å². The van der Waals surface area contributed by atoms with Crippen LogP contribution in [0.15, 0.2) is 59.5 Å². The van der Waals surface area contributed by atoms with Gasteiger partial charge in [-0.25, -0.2) is 0 Å². The summed E-state index contributed by atoms with van der Waals surface area (Å²) in [7, 11) is 0. The lowest BCUT2D eigenvalue weighted by atomic mass is 10.2. The van der Waals surface area contributed by atoms with E-state index < -0.39 is 0 Å². The molecule has 2 aromatic heterocycles. The number of benzene rings is 1. The first-order chi connectivity index (χ1) is 14.2. The van der Waals surface area contributed by atoms with Crippen LogP contribution in [0.5, 0.6) is 0 Å². The molecule has 0 bridgehead atoms. The van der Waals surface area contributed by atoms with E-state index in [1.165, 1.54) is 6.20 Å². The number of hydrogen-bond donors (Lipinski definition) is 2. The lowest BCUT2D eigenvalue weighted by Crippen LogP contribution is -2.36. The number of nitrogens with zero attached hydrogens (tertiary/aromatic N) is 4. The SMILES string of the molecule is O=C(Nc1ccc(Nc2cc(N3CCOCC3)cnn2)cc1)c1cncc(Br)c1. The van der Waals surface area contributed by atoms with E-state index in [9.17, 15) is 4.79 Å². The Morgan fingerprint density at radius 1 is 1.03 bits per heavy atom. The molecule has 0 radical (unpaired) electrons. The number of anilines is 4. The van der Waals surface area contributed by atoms with Gasteiger partial charge >= 0.3 is 0 Å². The maximum Gasteiger partial charge on any atom is 0.257 e. The average molecular weight is 455 g/mol. The molecular formula is C20H19BrN6O2. The van der Waals surface area contributed by atoms with E-state index in [1.54, 1.807) is 18.5 Å². The second kappa shape index (κ2) is 8.97. The zero-order chi connectivity index (χ0) is 20.1. The molecule has 1 fully saturated rings. The maximum absolute atomic E-state index is 12.3. The monoisotopic (exact) mass is 454 g/mol. The second-order valence-corrected chi connectivity index (χ2v) is 7.36. The molecule has 3 heterocycles. The fourth-order valence-corrected chi connectivity index (χ4v) is 3.30. The predicted molar refractivity (Wildman–Crippen MR) is 115 cm³/mol. The third-order valence-electron chi connectivity index (χ3n) is 4.40. The van der Waals surface area contributed by atoms with Gasteiger partial charge < -0.3 is 20.3 Å². The number of halogens is 1. The highest BCUT2D eigenvalue weighted by atomic mass is 79.9. The summed E-state index contributed by atoms with van der Waals surface area (Å²) in [5, 5.41) is 14.3. The van der Waals surface area contributed by atoms with Crippen molar-refractivity contribution in [2.45, 2.75) is 0 Å². The Labute approximate surface area is 176 Å². The van der Waals surface area contributed by atoms with Gasteiger partial charge in [0.15, 0.2) is 5.82 Å². The number of ether oxygens (including phenoxy) is 1. The molecule has 0 aliphatic carbocycles. The van der Waals surface area contributed by atoms with Gasteiger partial charge in [0.25, 0.3) is 5.91 Å². The molecule has 148 valence electrons. The van der Waals surface area contributed by atoms with Crippen molar-refractivity contribution >= 4 is 44.7 Å². The summed E-state index contributed by atoms with van der Waals surface area (Å²) in [6.45, 7) is 3.11. The quantitative estimate of drug-likeness (QED) is 0.609. The normalized spacial score (nSPS) is 13.8. The highest BCUT2D eigenvalue weighted by molar-refractivity contribution is 9.10. The Bertz CT molecular complexity index is 992. The summed E-state index contributed by atoms with van der Waals surface area (Å²) in [6, 6.07) is 11.1. The number of amides is 1. The van der Waals surface area contributed by atoms with Gasteiger partial charge in [0, 0.05) is 47.4 Å². The van der Waals surface area contributed by atoms with Crippen LogP contribution in [0, 0.1) is 0 Å². The largest absolute Gasteiger partial charge is 0.378 e. The summed E-state index contributed by atoms with van der Waals surface area (Å²) < 4.78 is 6.15. The molecule has 3 aromatic rings. The van der Waals surface area contributed by atoms with Gasteiger partial charge in [0.05, 0.1) is 30.7 Å². The van der Waals surface area contributed by atoms with Gasteiger partial charge in [-0.2, -0.15) is 5.10 Å². The molecule has 4 rings (SSSR count). The molecule has 0 spiro atoms. The van der Waals surface area contributed by atoms with Crippen molar-refractivity contribution in [2.24, 2.45) is 0 Å². The van der Waals surface area contributed by atoms with E-state index in [1.807, 2.05) is 30.3 Å². The third-order valence-corrected chi connectivity index (χ3v) is 4.83. The van der Waals surface area contributed by atoms with E-state index in [2.05, 4.69) is 46.6 Å². The van der Waals surface area contributed by atoms with Crippen LogP contribution >= 0.6 is 15.9 Å². The van der Waals surface area contributed by atoms with Crippen molar-refractivity contribution in [1.82, 2.24) is 15.2 Å². The Kier molecular flexibility index (Phi) is 5.97. The molecule has 0 unspecified atom stereocenters. The smallest absolute Gasteiger partial charge is 0.257 e. The molecular weight excluding hydrogens is 436 g/mol. The number of rotatable bonds is 5. The van der Waals surface area contributed by atoms with E-state index in [4.69, 9.17) is 4.74 Å². The van der Waals surface area contributed by atoms with Crippen molar-refractivity contribution in [3.05, 3.63) is 65.0 Å². The van der Waals surface area contributed by atoms with Gasteiger partial charge in [0.1, 0.15) is 0 Å². The van der Waals surface area contributed by atoms with Gasteiger partial charge in [-0.15, -0.1) is 5.10 Å². The predicted octanol–water partition coefficient (Wildman–Crippen LogP) is 3.47. The molecule has 29 heavy (non-hydrogen) atoms. The topological polar surface area (TPSA) is 92.3 Å². The minimum absolute atomic E-state index is 0.219. The molecule has 0 atom stereocenters. The Hall–Kier alpha value is -3.04. The van der Waals surface area contributed by atoms with Crippen molar-refractivity contribution in [1.29, 1.82) is 0 Å². The molecule has 1 saturated heterocycles. The molecule has 0 saturated carbocycles. The number of pyridine rings is 1. The van der Waals surface area contributed by atoms with Crippen molar-refractivity contribution in [3.8, 4) is 0 Å². The van der Waals surface area contributed by atoms with Crippen LogP contribution in [0.1, 0.15) is 10.4 Å². The average Bonchev–Trinajstić information content (AvgIpc) is 2.76. The van der Waals surface area contributed by atoms with Crippen LogP contribution in [0.25, 0.3) is 0 Å². The van der Waals surface area contributed by atoms with Crippen molar-refractivity contribution in [2.75, 3.05) is 41.8 Å². The molecule has 1 aliphatic rings. The number of hydrogen-bond acceptors (Lipinski definition) is 7. The van der Waals surface area contributed by atoms with Gasteiger partial charge in [0.2, 0.25) is 0 Å². The van der Waals surface area contributed by atoms with Crippen LogP contribution in [0.4, 0.5) is 22.9 Å². The summed E-state index contributed by atoms with van der Waals surface area (Å²) in [6.07, 6.45) is 4.91. The summed E-state index contributed by atoms with van der Waals surface area (Å²) >= 11 is 3.32. The first kappa shape index (κ1) is 19.3. The van der Waals surface area contributed by atoms with Crippen LogP contribution < -0.4 is 15.5 Å². The zero-order valence-electron chi connectivity index (χ0n) is 15.5. The summed E-state index contributed by atoms with van der Waals surface area (Å²) in [5.74, 6) is 0.439. The van der Waals surface area contributed by atoms with Crippen molar-refractivity contribution in [3.63, 3.8) is 0 Å². The second-order valence-electron chi connectivity index (χ2n) is 6.45. The number of carbonyl (C=O) groups excluding carboxylic acids is 1. The van der Waals surface area contributed by atoms with Crippen LogP contribution in [-0.4, -0.2) is 47.4 Å². The van der Waals surface area contributed by atoms with E-state index in [0.29, 0.717) is 30.3 Å². The Morgan fingerprint density at radius 3 is 2.55 bits per heavy atom. The lowest BCUT2D eigenvalue weighted by Gasteiger charge is -2.28. The third kappa shape index (κ3) is 5.07. The molecule has 8 nitrogen and oxygen atoms in total. The summed E-state index contributed by atoms with van der Waals surface area (Å²) in [4.78, 5) is 18.5. The summed E-state index contributed by atoms with van der Waals surface area (Å²) in [5.41, 5.74) is 3.03. The standard InChI is InChI=1S/C20H19BrN6O2/c21-15-9-14(11-22-12-15)20(28)25-17-3-1-16(2-4-17)24-19-10-18(13-23-26-19)27-5-7-29-8-6-27/h1-4,9-13H,5-8H2,(H,24,26)(H,25,28). The van der Waals surface area contributed by atoms with Gasteiger partial charge in [-0.3, -0.25) is 9.78 Å². The zero-order valence-corrected chi connectivity index (χ0v) is 17.1. The number of carbonyl (C=O) groups is 1. The maximum atomic E-state index is 12.3. The molecule has 1 aliphatic heterocycles. The van der Waals surface area contributed by atoms with E-state index in [0.717, 1.165) is 28.9 Å². The number of morpholine rings is 1. The number of aromatic nitrogens is 3. The highest BCUT2D eigenvalue weighted by Crippen LogP contribution is 2.22. The molecule has 2 N–H and O–H groups in total.